The molecule has 0 spiro atoms. The van der Waals surface area contributed by atoms with Crippen molar-refractivity contribution >= 4 is 49.2 Å². The number of para-hydroxylation sites is 2. The number of nitrogens with zero attached hydrogens (tertiary/aromatic N) is 3. The van der Waals surface area contributed by atoms with E-state index in [-0.39, 0.29) is 72.9 Å². The third kappa shape index (κ3) is 9.06. The first-order chi connectivity index (χ1) is 35.4. The van der Waals surface area contributed by atoms with Crippen LogP contribution in [0.1, 0.15) is 39.8 Å². The van der Waals surface area contributed by atoms with Gasteiger partial charge in [0.15, 0.2) is 0 Å². The number of alkyl halides is 18. The number of nitriles is 1. The third-order valence-corrected chi connectivity index (χ3v) is 13.2. The van der Waals surface area contributed by atoms with E-state index >= 15 is 0 Å². The van der Waals surface area contributed by atoms with E-state index in [9.17, 15) is 84.3 Å². The van der Waals surface area contributed by atoms with Gasteiger partial charge >= 0.3 is 37.1 Å². The van der Waals surface area contributed by atoms with Crippen LogP contribution in [0, 0.1) is 17.2 Å². The summed E-state index contributed by atoms with van der Waals surface area (Å²) in [6.45, 7) is 0. The smallest absolute Gasteiger partial charge is 0.307 e. The molecule has 0 bridgehead atoms. The maximum Gasteiger partial charge on any atom is 0.417 e. The molecule has 0 saturated carbocycles. The molecule has 1 unspecified atom stereocenters. The van der Waals surface area contributed by atoms with Crippen molar-refractivity contribution in [3.8, 4) is 39.7 Å². The standard InChI is InChI=1S/C55H27F18N3/c56-50(57,58)32-11-12-37(43(24-32)55(71,72)73)40-25-49(76-45-8-4-2-6-39(45)42-20-28(10-14-47(42)76)30-17-35(53(65,66)67)23-36(18-30)54(68,69)70)48(21-31(40)26-74)75-44-7-3-1-5-38(44)41-19-27(9-13-46(41)75)29-15-33(51(59,60)61)22-34(16-29)52(62,63)64/h1-21,23-25,33H,22H2. The number of rotatable bonds is 5. The van der Waals surface area contributed by atoms with Crippen molar-refractivity contribution in [3.05, 3.63) is 185 Å². The summed E-state index contributed by atoms with van der Waals surface area (Å²) in [4.78, 5) is 0. The molecular weight excluding hydrogens is 1040 g/mol. The Balaban J connectivity index is 1.30. The maximum absolute atomic E-state index is 15.0. The number of benzene rings is 7. The van der Waals surface area contributed by atoms with E-state index in [4.69, 9.17) is 0 Å². The number of halogens is 18. The molecule has 3 nitrogen and oxygen atoms in total. The van der Waals surface area contributed by atoms with Crippen molar-refractivity contribution in [1.82, 2.24) is 9.13 Å². The first-order valence-corrected chi connectivity index (χ1v) is 22.2. The van der Waals surface area contributed by atoms with Gasteiger partial charge in [0.05, 0.1) is 73.2 Å². The zero-order valence-corrected chi connectivity index (χ0v) is 37.8. The maximum atomic E-state index is 15.0. The molecule has 2 heterocycles. The Morgan fingerprint density at radius 1 is 0.421 bits per heavy atom. The number of allylic oxidation sites excluding steroid dienone is 4. The van der Waals surface area contributed by atoms with Crippen LogP contribution in [0.15, 0.2) is 151 Å². The van der Waals surface area contributed by atoms with Crippen LogP contribution in [0.3, 0.4) is 0 Å². The highest BCUT2D eigenvalue weighted by Gasteiger charge is 2.46. The number of aromatic nitrogens is 2. The lowest BCUT2D eigenvalue weighted by Gasteiger charge is -2.25. The van der Waals surface area contributed by atoms with Crippen LogP contribution in [0.2, 0.25) is 0 Å². The van der Waals surface area contributed by atoms with Crippen LogP contribution in [-0.4, -0.2) is 21.5 Å². The lowest BCUT2D eigenvalue weighted by atomic mass is 9.86. The molecule has 1 atom stereocenters. The third-order valence-electron chi connectivity index (χ3n) is 13.2. The van der Waals surface area contributed by atoms with E-state index < -0.39 is 105 Å². The second kappa shape index (κ2) is 17.5. The van der Waals surface area contributed by atoms with Gasteiger partial charge in [-0.25, -0.2) is 0 Å². The van der Waals surface area contributed by atoms with Gasteiger partial charge in [0.1, 0.15) is 0 Å². The van der Waals surface area contributed by atoms with Gasteiger partial charge in [0.2, 0.25) is 0 Å². The first kappa shape index (κ1) is 51.3. The molecule has 7 aromatic carbocycles. The molecule has 0 saturated heterocycles. The minimum absolute atomic E-state index is 0.0487. The number of hydrogen-bond acceptors (Lipinski definition) is 1. The topological polar surface area (TPSA) is 33.6 Å². The molecule has 21 heteroatoms. The Bertz CT molecular complexity index is 3920. The molecule has 76 heavy (non-hydrogen) atoms. The van der Waals surface area contributed by atoms with Crippen molar-refractivity contribution in [2.24, 2.45) is 5.92 Å². The van der Waals surface area contributed by atoms with Crippen LogP contribution in [0.25, 0.3) is 82.8 Å². The zero-order chi connectivity index (χ0) is 54.8. The second-order valence-electron chi connectivity index (χ2n) is 17.9. The molecule has 0 fully saturated rings. The van der Waals surface area contributed by atoms with E-state index in [1.54, 1.807) is 24.3 Å². The Kier molecular flexibility index (Phi) is 11.8. The van der Waals surface area contributed by atoms with Crippen LogP contribution >= 0.6 is 0 Å². The largest absolute Gasteiger partial charge is 0.417 e. The van der Waals surface area contributed by atoms with E-state index in [0.717, 1.165) is 12.1 Å². The Morgan fingerprint density at radius 2 is 0.921 bits per heavy atom. The van der Waals surface area contributed by atoms with Gasteiger partial charge in [-0.1, -0.05) is 60.7 Å². The summed E-state index contributed by atoms with van der Waals surface area (Å²) in [6.07, 6.45) is -31.5. The minimum Gasteiger partial charge on any atom is -0.307 e. The van der Waals surface area contributed by atoms with Gasteiger partial charge in [-0.05, 0) is 119 Å². The fraction of sp³-hybridized carbons (Fsp3) is 0.145. The fourth-order valence-electron chi connectivity index (χ4n) is 9.78. The van der Waals surface area contributed by atoms with Crippen molar-refractivity contribution in [3.63, 3.8) is 0 Å². The molecule has 0 N–H and O–H groups in total. The van der Waals surface area contributed by atoms with Crippen LogP contribution in [0.4, 0.5) is 79.0 Å². The summed E-state index contributed by atoms with van der Waals surface area (Å²) >= 11 is 0. The molecule has 2 aromatic heterocycles. The van der Waals surface area contributed by atoms with Crippen LogP contribution in [-0.2, 0) is 24.7 Å². The van der Waals surface area contributed by atoms with Crippen molar-refractivity contribution in [2.45, 2.75) is 43.5 Å². The average molecular weight is 1070 g/mol. The van der Waals surface area contributed by atoms with Crippen molar-refractivity contribution < 1.29 is 79.0 Å². The van der Waals surface area contributed by atoms with E-state index in [1.807, 2.05) is 6.07 Å². The normalized spacial score (nSPS) is 15.2. The highest BCUT2D eigenvalue weighted by atomic mass is 19.4. The number of hydrogen-bond donors (Lipinski definition) is 0. The van der Waals surface area contributed by atoms with Crippen LogP contribution < -0.4 is 0 Å². The molecular formula is C55H27F18N3. The highest BCUT2D eigenvalue weighted by molar-refractivity contribution is 6.13. The first-order valence-electron chi connectivity index (χ1n) is 22.2. The molecule has 1 aliphatic carbocycles. The van der Waals surface area contributed by atoms with E-state index in [1.165, 1.54) is 69.8 Å². The summed E-state index contributed by atoms with van der Waals surface area (Å²) < 4.78 is 259. The predicted octanol–water partition coefficient (Wildman–Crippen LogP) is 18.6. The fourth-order valence-corrected chi connectivity index (χ4v) is 9.78. The Morgan fingerprint density at radius 3 is 1.42 bits per heavy atom. The number of fused-ring (bicyclic) bond motifs is 6. The summed E-state index contributed by atoms with van der Waals surface area (Å²) in [7, 11) is 0. The molecule has 0 amide bonds. The van der Waals surface area contributed by atoms with Crippen molar-refractivity contribution in [1.29, 1.82) is 5.26 Å². The Labute approximate surface area is 415 Å². The lowest BCUT2D eigenvalue weighted by Crippen LogP contribution is -2.27. The molecule has 1 aliphatic rings. The molecule has 388 valence electrons. The minimum atomic E-state index is -5.46. The van der Waals surface area contributed by atoms with Gasteiger partial charge in [-0.3, -0.25) is 0 Å². The van der Waals surface area contributed by atoms with Gasteiger partial charge in [0.25, 0.3) is 0 Å². The molecule has 0 radical (unpaired) electrons. The highest BCUT2D eigenvalue weighted by Crippen LogP contribution is 2.48. The monoisotopic (exact) mass is 1070 g/mol. The second-order valence-corrected chi connectivity index (χ2v) is 17.9. The molecule has 0 aliphatic heterocycles. The lowest BCUT2D eigenvalue weighted by molar-refractivity contribution is -0.165. The van der Waals surface area contributed by atoms with E-state index in [0.29, 0.717) is 41.8 Å². The summed E-state index contributed by atoms with van der Waals surface area (Å²) in [6, 6.07) is 25.8. The predicted molar refractivity (Wildman–Crippen MR) is 247 cm³/mol. The quantitative estimate of drug-likeness (QED) is 0.158. The van der Waals surface area contributed by atoms with Crippen molar-refractivity contribution in [2.75, 3.05) is 0 Å². The molecule has 10 rings (SSSR count). The Hall–Kier alpha value is -8.15. The van der Waals surface area contributed by atoms with Gasteiger partial charge in [-0.2, -0.15) is 84.3 Å². The van der Waals surface area contributed by atoms with Gasteiger partial charge < -0.3 is 9.13 Å². The zero-order valence-electron chi connectivity index (χ0n) is 37.8. The summed E-state index contributed by atoms with van der Waals surface area (Å²) in [5.74, 6) is -2.51. The van der Waals surface area contributed by atoms with E-state index in [2.05, 4.69) is 0 Å². The average Bonchev–Trinajstić information content (AvgIpc) is 3.92. The summed E-state index contributed by atoms with van der Waals surface area (Å²) in [5.41, 5.74) is -10.7. The van der Waals surface area contributed by atoms with Gasteiger partial charge in [-0.15, -0.1) is 0 Å². The summed E-state index contributed by atoms with van der Waals surface area (Å²) in [5, 5.41) is 11.7. The molecule has 9 aromatic rings. The van der Waals surface area contributed by atoms with Crippen LogP contribution in [0.5, 0.6) is 0 Å². The van der Waals surface area contributed by atoms with Gasteiger partial charge in [0, 0.05) is 32.7 Å². The SMILES string of the molecule is N#Cc1cc(-n2c3ccccc3c3cc(C4=CC(C(F)(F)F)CC(C(F)(F)F)=C4)ccc32)c(-n2c3ccccc3c3cc(-c4cc(C(F)(F)F)cc(C(F)(F)F)c4)ccc32)cc1-c1ccc(C(F)(F)F)cc1C(F)(F)F.